The summed E-state index contributed by atoms with van der Waals surface area (Å²) in [6.45, 7) is 1.18. The van der Waals surface area contributed by atoms with E-state index in [4.69, 9.17) is 4.74 Å². The summed E-state index contributed by atoms with van der Waals surface area (Å²) >= 11 is 0. The van der Waals surface area contributed by atoms with E-state index in [1.54, 1.807) is 0 Å². The molecule has 1 aromatic heterocycles. The Morgan fingerprint density at radius 1 is 1.19 bits per heavy atom. The number of esters is 1. The van der Waals surface area contributed by atoms with Crippen molar-refractivity contribution >= 4 is 27.7 Å². The molecule has 32 heavy (non-hydrogen) atoms. The predicted molar refractivity (Wildman–Crippen MR) is 117 cm³/mol. The van der Waals surface area contributed by atoms with Crippen LogP contribution in [0.2, 0.25) is 0 Å². The summed E-state index contributed by atoms with van der Waals surface area (Å²) in [6.07, 6.45) is 1.88. The second-order valence-electron chi connectivity index (χ2n) is 7.02. The van der Waals surface area contributed by atoms with E-state index >= 15 is 0 Å². The third kappa shape index (κ3) is 6.02. The predicted octanol–water partition coefficient (Wildman–Crippen LogP) is 0.660. The first kappa shape index (κ1) is 23.6. The quantitative estimate of drug-likeness (QED) is 0.521. The van der Waals surface area contributed by atoms with Crippen LogP contribution in [-0.2, 0) is 30.7 Å². The van der Waals surface area contributed by atoms with Gasteiger partial charge in [-0.25, -0.2) is 18.2 Å². The van der Waals surface area contributed by atoms with Crippen LogP contribution < -0.4 is 10.6 Å². The van der Waals surface area contributed by atoms with Crippen molar-refractivity contribution in [3.8, 4) is 0 Å². The molecule has 11 heteroatoms. The fourth-order valence-electron chi connectivity index (χ4n) is 3.15. The Morgan fingerprint density at radius 2 is 1.91 bits per heavy atom. The third-order valence-electron chi connectivity index (χ3n) is 4.86. The van der Waals surface area contributed by atoms with E-state index in [0.29, 0.717) is 13.0 Å². The summed E-state index contributed by atoms with van der Waals surface area (Å²) in [5.41, 5.74) is 1.09. The molecule has 0 saturated carbocycles. The molecular weight excluding hydrogens is 436 g/mol. The number of carbonyl (C=O) groups excluding carboxylic acids is 2. The van der Waals surface area contributed by atoms with E-state index in [2.05, 4.69) is 20.4 Å². The van der Waals surface area contributed by atoms with Crippen molar-refractivity contribution in [1.82, 2.24) is 14.6 Å². The summed E-state index contributed by atoms with van der Waals surface area (Å²) in [5, 5.41) is 5.56. The van der Waals surface area contributed by atoms with Gasteiger partial charge in [0.05, 0.1) is 32.4 Å². The van der Waals surface area contributed by atoms with Gasteiger partial charge in [0.15, 0.2) is 0 Å². The van der Waals surface area contributed by atoms with Crippen LogP contribution in [0.15, 0.2) is 47.5 Å². The average molecular weight is 463 g/mol. The fourth-order valence-corrected chi connectivity index (χ4v) is 4.70. The maximum atomic E-state index is 13.2. The molecule has 1 amide bonds. The van der Waals surface area contributed by atoms with Crippen molar-refractivity contribution in [3.63, 3.8) is 0 Å². The van der Waals surface area contributed by atoms with Crippen LogP contribution in [0, 0.1) is 0 Å². The van der Waals surface area contributed by atoms with E-state index in [9.17, 15) is 18.0 Å². The lowest BCUT2D eigenvalue weighted by Gasteiger charge is -2.26. The molecule has 1 fully saturated rings. The first-order valence-corrected chi connectivity index (χ1v) is 11.6. The van der Waals surface area contributed by atoms with Gasteiger partial charge in [0.1, 0.15) is 10.7 Å². The summed E-state index contributed by atoms with van der Waals surface area (Å²) < 4.78 is 37.5. The molecule has 2 heterocycles. The molecule has 2 N–H and O–H groups in total. The number of pyridine rings is 1. The second-order valence-corrected chi connectivity index (χ2v) is 8.92. The highest BCUT2D eigenvalue weighted by molar-refractivity contribution is 7.89. The number of aromatic nitrogens is 1. The minimum absolute atomic E-state index is 0.00260. The number of nitrogens with zero attached hydrogens (tertiary/aromatic N) is 2. The monoisotopic (exact) mass is 462 g/mol. The van der Waals surface area contributed by atoms with Gasteiger partial charge in [0.2, 0.25) is 15.9 Å². The molecule has 10 nitrogen and oxygen atoms in total. The van der Waals surface area contributed by atoms with Gasteiger partial charge < -0.3 is 20.1 Å². The van der Waals surface area contributed by atoms with E-state index in [1.807, 2.05) is 30.3 Å². The minimum Gasteiger partial charge on any atom is -0.465 e. The maximum absolute atomic E-state index is 13.2. The molecule has 0 radical (unpaired) electrons. The molecule has 3 rings (SSSR count). The molecule has 172 valence electrons. The highest BCUT2D eigenvalue weighted by Gasteiger charge is 2.30. The topological polar surface area (TPSA) is 127 Å². The van der Waals surface area contributed by atoms with Crippen LogP contribution in [0.4, 0.5) is 5.82 Å². The first-order chi connectivity index (χ1) is 15.4. The summed E-state index contributed by atoms with van der Waals surface area (Å²) in [4.78, 5) is 28.0. The van der Waals surface area contributed by atoms with Crippen LogP contribution in [0.25, 0.3) is 0 Å². The molecule has 0 spiro atoms. The lowest BCUT2D eigenvalue weighted by Crippen LogP contribution is -2.41. The van der Waals surface area contributed by atoms with E-state index in [0.717, 1.165) is 5.56 Å². The first-order valence-electron chi connectivity index (χ1n) is 10.1. The van der Waals surface area contributed by atoms with Gasteiger partial charge >= 0.3 is 5.97 Å². The lowest BCUT2D eigenvalue weighted by molar-refractivity contribution is -0.119. The highest BCUT2D eigenvalue weighted by Crippen LogP contribution is 2.25. The maximum Gasteiger partial charge on any atom is 0.339 e. The van der Waals surface area contributed by atoms with Crippen molar-refractivity contribution in [1.29, 1.82) is 0 Å². The number of hydrogen-bond acceptors (Lipinski definition) is 8. The lowest BCUT2D eigenvalue weighted by atomic mass is 10.1. The van der Waals surface area contributed by atoms with Gasteiger partial charge in [-0.3, -0.25) is 4.79 Å². The number of hydrogen-bond donors (Lipinski definition) is 2. The molecule has 2 aromatic rings. The van der Waals surface area contributed by atoms with E-state index in [-0.39, 0.29) is 55.0 Å². The molecule has 0 bridgehead atoms. The van der Waals surface area contributed by atoms with Gasteiger partial charge in [-0.2, -0.15) is 4.31 Å². The zero-order valence-electron chi connectivity index (χ0n) is 17.7. The Hall–Kier alpha value is -3.02. The number of carbonyl (C=O) groups is 2. The third-order valence-corrected chi connectivity index (χ3v) is 6.77. The van der Waals surface area contributed by atoms with Crippen LogP contribution in [0.5, 0.6) is 0 Å². The molecule has 0 unspecified atom stereocenters. The Labute approximate surface area is 187 Å². The fraction of sp³-hybridized carbons (Fsp3) is 0.381. The van der Waals surface area contributed by atoms with Crippen molar-refractivity contribution in [2.24, 2.45) is 0 Å². The van der Waals surface area contributed by atoms with Crippen LogP contribution in [-0.4, -0.2) is 76.1 Å². The highest BCUT2D eigenvalue weighted by atomic mass is 32.2. The van der Waals surface area contributed by atoms with E-state index in [1.165, 1.54) is 23.7 Å². The molecule has 1 saturated heterocycles. The van der Waals surface area contributed by atoms with Crippen molar-refractivity contribution in [2.75, 3.05) is 51.8 Å². The van der Waals surface area contributed by atoms with Crippen LogP contribution >= 0.6 is 0 Å². The Balaban J connectivity index is 1.70. The van der Waals surface area contributed by atoms with E-state index < -0.39 is 16.0 Å². The Kier molecular flexibility index (Phi) is 8.14. The van der Waals surface area contributed by atoms with Crippen molar-refractivity contribution in [2.45, 2.75) is 11.3 Å². The number of methoxy groups -OCH3 is 1. The summed E-state index contributed by atoms with van der Waals surface area (Å²) in [5.74, 6) is -1.03. The second kappa shape index (κ2) is 11.0. The van der Waals surface area contributed by atoms with Crippen molar-refractivity contribution < 1.29 is 27.5 Å². The number of nitrogens with one attached hydrogen (secondary N) is 2. The number of amides is 1. The minimum atomic E-state index is -3.97. The smallest absolute Gasteiger partial charge is 0.339 e. The van der Waals surface area contributed by atoms with Gasteiger partial charge in [-0.1, -0.05) is 30.3 Å². The van der Waals surface area contributed by atoms with Crippen LogP contribution in [0.3, 0.4) is 0 Å². The Morgan fingerprint density at radius 3 is 2.59 bits per heavy atom. The number of morpholine rings is 1. The molecule has 1 aliphatic heterocycles. The number of benzene rings is 1. The summed E-state index contributed by atoms with van der Waals surface area (Å²) in [6, 6.07) is 10.9. The van der Waals surface area contributed by atoms with Gasteiger partial charge in [-0.05, 0) is 18.1 Å². The van der Waals surface area contributed by atoms with Gasteiger partial charge in [0.25, 0.3) is 0 Å². The summed E-state index contributed by atoms with van der Waals surface area (Å²) in [7, 11) is -2.77. The standard InChI is InChI=1S/C21H26N4O6S/c1-30-21(27)17-13-18(32(28,29)25-9-11-31-12-10-25)20(23-14-17)24-15-19(26)22-8-7-16-5-3-2-4-6-16/h2-6,13-14H,7-12,15H2,1H3,(H,22,26)(H,23,24). The van der Waals surface area contributed by atoms with Gasteiger partial charge in [0, 0.05) is 25.8 Å². The number of sulfonamides is 1. The number of rotatable bonds is 9. The average Bonchev–Trinajstić information content (AvgIpc) is 2.83. The normalized spacial score (nSPS) is 14.5. The zero-order chi connectivity index (χ0) is 23.0. The molecular formula is C21H26N4O6S. The molecule has 0 aliphatic carbocycles. The SMILES string of the molecule is COC(=O)c1cnc(NCC(=O)NCCc2ccccc2)c(S(=O)(=O)N2CCOCC2)c1. The van der Waals surface area contributed by atoms with Crippen molar-refractivity contribution in [3.05, 3.63) is 53.7 Å². The Bertz CT molecular complexity index is 1040. The largest absolute Gasteiger partial charge is 0.465 e. The number of ether oxygens (including phenoxy) is 2. The zero-order valence-corrected chi connectivity index (χ0v) is 18.6. The molecule has 0 atom stereocenters. The van der Waals surface area contributed by atoms with Gasteiger partial charge in [-0.15, -0.1) is 0 Å². The van der Waals surface area contributed by atoms with Crippen LogP contribution in [0.1, 0.15) is 15.9 Å². The molecule has 1 aromatic carbocycles. The molecule has 1 aliphatic rings. The number of anilines is 1.